The van der Waals surface area contributed by atoms with Crippen molar-refractivity contribution in [3.8, 4) is 5.69 Å². The van der Waals surface area contributed by atoms with Crippen molar-refractivity contribution in [2.45, 2.75) is 27.3 Å². The summed E-state index contributed by atoms with van der Waals surface area (Å²) in [6.45, 7) is 5.75. The lowest BCUT2D eigenvalue weighted by Crippen LogP contribution is -2.24. The molecular formula is C20H20FN3O. The van der Waals surface area contributed by atoms with Gasteiger partial charge in [0.25, 0.3) is 5.91 Å². The molecule has 0 aliphatic carbocycles. The number of carbonyl (C=O) groups is 1. The van der Waals surface area contributed by atoms with E-state index < -0.39 is 0 Å². The third-order valence-corrected chi connectivity index (χ3v) is 4.19. The first-order valence-electron chi connectivity index (χ1n) is 8.12. The Balaban J connectivity index is 1.80. The van der Waals surface area contributed by atoms with Gasteiger partial charge >= 0.3 is 0 Å². The predicted octanol–water partition coefficient (Wildman–Crippen LogP) is 3.87. The van der Waals surface area contributed by atoms with Gasteiger partial charge in [-0.25, -0.2) is 9.07 Å². The van der Waals surface area contributed by atoms with Crippen LogP contribution in [0.2, 0.25) is 0 Å². The first-order valence-corrected chi connectivity index (χ1v) is 8.12. The zero-order chi connectivity index (χ0) is 18.0. The van der Waals surface area contributed by atoms with Gasteiger partial charge < -0.3 is 5.32 Å². The third-order valence-electron chi connectivity index (χ3n) is 4.19. The van der Waals surface area contributed by atoms with Crippen molar-refractivity contribution >= 4 is 5.91 Å². The Morgan fingerprint density at radius 3 is 2.52 bits per heavy atom. The molecule has 0 aliphatic heterocycles. The standard InChI is InChI=1S/C20H20FN3O/c1-13-11-16(9-10-18(13)21)12-22-20(25)19-14(2)23-24(15(19)3)17-7-5-4-6-8-17/h4-11H,12H2,1-3H3,(H,22,25). The Bertz CT molecular complexity index is 916. The van der Waals surface area contributed by atoms with Crippen LogP contribution in [0, 0.1) is 26.6 Å². The third kappa shape index (κ3) is 3.45. The highest BCUT2D eigenvalue weighted by Gasteiger charge is 2.19. The highest BCUT2D eigenvalue weighted by Crippen LogP contribution is 2.18. The van der Waals surface area contributed by atoms with Crippen LogP contribution in [0.3, 0.4) is 0 Å². The van der Waals surface area contributed by atoms with Crippen LogP contribution in [-0.4, -0.2) is 15.7 Å². The van der Waals surface area contributed by atoms with Crippen molar-refractivity contribution in [1.29, 1.82) is 0 Å². The van der Waals surface area contributed by atoms with Crippen molar-refractivity contribution in [2.75, 3.05) is 0 Å². The number of hydrogen-bond acceptors (Lipinski definition) is 2. The van der Waals surface area contributed by atoms with Gasteiger partial charge in [-0.2, -0.15) is 5.10 Å². The molecule has 0 unspecified atom stereocenters. The maximum Gasteiger partial charge on any atom is 0.255 e. The number of nitrogens with one attached hydrogen (secondary N) is 1. The maximum absolute atomic E-state index is 13.3. The van der Waals surface area contributed by atoms with E-state index >= 15 is 0 Å². The van der Waals surface area contributed by atoms with Crippen molar-refractivity contribution in [1.82, 2.24) is 15.1 Å². The lowest BCUT2D eigenvalue weighted by molar-refractivity contribution is 0.0949. The Hall–Kier alpha value is -2.95. The van der Waals surface area contributed by atoms with Gasteiger partial charge in [-0.3, -0.25) is 4.79 Å². The highest BCUT2D eigenvalue weighted by atomic mass is 19.1. The first-order chi connectivity index (χ1) is 12.0. The largest absolute Gasteiger partial charge is 0.348 e. The second-order valence-electron chi connectivity index (χ2n) is 6.06. The molecule has 0 aliphatic rings. The van der Waals surface area contributed by atoms with Crippen LogP contribution in [0.15, 0.2) is 48.5 Å². The van der Waals surface area contributed by atoms with Crippen molar-refractivity contribution in [2.24, 2.45) is 0 Å². The summed E-state index contributed by atoms with van der Waals surface area (Å²) in [7, 11) is 0. The van der Waals surface area contributed by atoms with E-state index in [0.717, 1.165) is 16.9 Å². The molecule has 0 bridgehead atoms. The second-order valence-corrected chi connectivity index (χ2v) is 6.06. The summed E-state index contributed by atoms with van der Waals surface area (Å²) in [5, 5.41) is 7.38. The summed E-state index contributed by atoms with van der Waals surface area (Å²) in [5.74, 6) is -0.426. The molecule has 0 fully saturated rings. The number of benzene rings is 2. The molecule has 2 aromatic carbocycles. The number of halogens is 1. The fourth-order valence-corrected chi connectivity index (χ4v) is 2.88. The van der Waals surface area contributed by atoms with Crippen LogP contribution < -0.4 is 5.32 Å². The van der Waals surface area contributed by atoms with Crippen LogP contribution in [-0.2, 0) is 6.54 Å². The summed E-state index contributed by atoms with van der Waals surface area (Å²) >= 11 is 0. The molecule has 1 aromatic heterocycles. The van der Waals surface area contributed by atoms with Crippen molar-refractivity contribution in [3.63, 3.8) is 0 Å². The van der Waals surface area contributed by atoms with Crippen LogP contribution >= 0.6 is 0 Å². The number of amides is 1. The summed E-state index contributed by atoms with van der Waals surface area (Å²) in [5.41, 5.74) is 4.37. The molecule has 128 valence electrons. The zero-order valence-corrected chi connectivity index (χ0v) is 14.5. The van der Waals surface area contributed by atoms with E-state index in [1.54, 1.807) is 23.7 Å². The predicted molar refractivity (Wildman–Crippen MR) is 95.3 cm³/mol. The molecule has 0 atom stereocenters. The van der Waals surface area contributed by atoms with Crippen LogP contribution in [0.25, 0.3) is 5.69 Å². The van der Waals surface area contributed by atoms with Gasteiger partial charge in [0, 0.05) is 6.54 Å². The Morgan fingerprint density at radius 2 is 1.84 bits per heavy atom. The normalized spacial score (nSPS) is 10.7. The van der Waals surface area contributed by atoms with Gasteiger partial charge in [0.2, 0.25) is 0 Å². The molecule has 4 nitrogen and oxygen atoms in total. The van der Waals surface area contributed by atoms with Gasteiger partial charge in [-0.1, -0.05) is 30.3 Å². The smallest absolute Gasteiger partial charge is 0.255 e. The first kappa shape index (κ1) is 16.9. The summed E-state index contributed by atoms with van der Waals surface area (Å²) < 4.78 is 15.1. The SMILES string of the molecule is Cc1cc(CNC(=O)c2c(C)nn(-c3ccccc3)c2C)ccc1F. The molecule has 3 aromatic rings. The minimum absolute atomic E-state index is 0.181. The second kappa shape index (κ2) is 6.89. The van der Waals surface area contributed by atoms with E-state index in [9.17, 15) is 9.18 Å². The number of aryl methyl sites for hydroxylation is 2. The number of rotatable bonds is 4. The topological polar surface area (TPSA) is 46.9 Å². The molecule has 0 radical (unpaired) electrons. The molecule has 3 rings (SSSR count). The van der Waals surface area contributed by atoms with Gasteiger partial charge in [0.05, 0.1) is 22.6 Å². The molecule has 0 spiro atoms. The number of nitrogens with zero attached hydrogens (tertiary/aromatic N) is 2. The van der Waals surface area contributed by atoms with Crippen LogP contribution in [0.5, 0.6) is 0 Å². The minimum atomic E-state index is -0.245. The number of carbonyl (C=O) groups excluding carboxylic acids is 1. The maximum atomic E-state index is 13.3. The molecule has 1 heterocycles. The summed E-state index contributed by atoms with van der Waals surface area (Å²) in [6, 6.07) is 14.5. The van der Waals surface area contributed by atoms with Crippen molar-refractivity contribution in [3.05, 3.63) is 82.4 Å². The lowest BCUT2D eigenvalue weighted by atomic mass is 10.1. The lowest BCUT2D eigenvalue weighted by Gasteiger charge is -2.08. The van der Waals surface area contributed by atoms with Gasteiger partial charge in [0.1, 0.15) is 5.82 Å². The fraction of sp³-hybridized carbons (Fsp3) is 0.200. The van der Waals surface area contributed by atoms with E-state index in [1.165, 1.54) is 6.07 Å². The quantitative estimate of drug-likeness (QED) is 0.786. The Morgan fingerprint density at radius 1 is 1.12 bits per heavy atom. The van der Waals surface area contributed by atoms with E-state index in [1.807, 2.05) is 44.2 Å². The summed E-state index contributed by atoms with van der Waals surface area (Å²) in [4.78, 5) is 12.6. The Kier molecular flexibility index (Phi) is 4.65. The van der Waals surface area contributed by atoms with E-state index in [-0.39, 0.29) is 11.7 Å². The molecule has 5 heteroatoms. The van der Waals surface area contributed by atoms with Crippen LogP contribution in [0.1, 0.15) is 32.9 Å². The van der Waals surface area contributed by atoms with Gasteiger partial charge in [-0.05, 0) is 50.1 Å². The van der Waals surface area contributed by atoms with Gasteiger partial charge in [0.15, 0.2) is 0 Å². The fourth-order valence-electron chi connectivity index (χ4n) is 2.88. The van der Waals surface area contributed by atoms with Crippen LogP contribution in [0.4, 0.5) is 4.39 Å². The molecule has 0 saturated heterocycles. The molecule has 0 saturated carbocycles. The minimum Gasteiger partial charge on any atom is -0.348 e. The van der Waals surface area contributed by atoms with Gasteiger partial charge in [-0.15, -0.1) is 0 Å². The highest BCUT2D eigenvalue weighted by molar-refractivity contribution is 5.96. The summed E-state index contributed by atoms with van der Waals surface area (Å²) in [6.07, 6.45) is 0. The number of aromatic nitrogens is 2. The van der Waals surface area contributed by atoms with E-state index in [0.29, 0.717) is 23.4 Å². The van der Waals surface area contributed by atoms with E-state index in [2.05, 4.69) is 10.4 Å². The average molecular weight is 337 g/mol. The van der Waals surface area contributed by atoms with E-state index in [4.69, 9.17) is 0 Å². The number of para-hydroxylation sites is 1. The number of hydrogen-bond donors (Lipinski definition) is 1. The molecule has 1 amide bonds. The zero-order valence-electron chi connectivity index (χ0n) is 14.5. The molecule has 25 heavy (non-hydrogen) atoms. The molecular weight excluding hydrogens is 317 g/mol. The molecule has 1 N–H and O–H groups in total. The monoisotopic (exact) mass is 337 g/mol. The van der Waals surface area contributed by atoms with Crippen molar-refractivity contribution < 1.29 is 9.18 Å². The Labute approximate surface area is 146 Å². The average Bonchev–Trinajstić information content (AvgIpc) is 2.91.